The summed E-state index contributed by atoms with van der Waals surface area (Å²) in [6.07, 6.45) is 0.873. The van der Waals surface area contributed by atoms with Crippen LogP contribution in [0.2, 0.25) is 0 Å². The second kappa shape index (κ2) is 7.70. The Morgan fingerprint density at radius 2 is 1.80 bits per heavy atom. The summed E-state index contributed by atoms with van der Waals surface area (Å²) in [5.41, 5.74) is 9.50. The van der Waals surface area contributed by atoms with Crippen molar-refractivity contribution in [1.82, 2.24) is 9.55 Å². The molecule has 1 aromatic heterocycles. The van der Waals surface area contributed by atoms with Gasteiger partial charge >= 0.3 is 0 Å². The van der Waals surface area contributed by atoms with Crippen molar-refractivity contribution < 1.29 is 4.74 Å². The van der Waals surface area contributed by atoms with Gasteiger partial charge in [0.05, 0.1) is 17.6 Å². The maximum atomic E-state index is 6.08. The van der Waals surface area contributed by atoms with Crippen molar-refractivity contribution in [2.24, 2.45) is 18.7 Å². The number of imidazole rings is 1. The Morgan fingerprint density at radius 3 is 2.44 bits per heavy atom. The van der Waals surface area contributed by atoms with Gasteiger partial charge in [0.1, 0.15) is 11.6 Å². The van der Waals surface area contributed by atoms with Crippen LogP contribution in [-0.4, -0.2) is 22.7 Å². The van der Waals surface area contributed by atoms with Gasteiger partial charge in [-0.1, -0.05) is 38.1 Å². The maximum Gasteiger partial charge on any atom is 0.119 e. The molecule has 0 fully saturated rings. The first-order valence-corrected chi connectivity index (χ1v) is 8.91. The molecule has 3 rings (SSSR count). The average Bonchev–Trinajstić information content (AvgIpc) is 2.96. The Hall–Kier alpha value is -2.33. The van der Waals surface area contributed by atoms with E-state index in [1.807, 2.05) is 30.3 Å². The average molecular weight is 337 g/mol. The molecule has 0 spiro atoms. The van der Waals surface area contributed by atoms with E-state index in [-0.39, 0.29) is 5.92 Å². The quantitative estimate of drug-likeness (QED) is 0.711. The number of benzene rings is 2. The van der Waals surface area contributed by atoms with Crippen LogP contribution in [0.15, 0.2) is 48.5 Å². The van der Waals surface area contributed by atoms with E-state index in [2.05, 4.69) is 43.7 Å². The van der Waals surface area contributed by atoms with Crippen LogP contribution in [0.4, 0.5) is 0 Å². The number of hydrogen-bond donors (Lipinski definition) is 1. The third-order valence-electron chi connectivity index (χ3n) is 4.46. The summed E-state index contributed by atoms with van der Waals surface area (Å²) >= 11 is 0. The van der Waals surface area contributed by atoms with Crippen LogP contribution in [0.25, 0.3) is 11.0 Å². The van der Waals surface area contributed by atoms with Crippen LogP contribution in [0.5, 0.6) is 5.75 Å². The monoisotopic (exact) mass is 337 g/mol. The molecular formula is C21H27N3O. The fraction of sp³-hybridized carbons (Fsp3) is 0.381. The third-order valence-corrected chi connectivity index (χ3v) is 4.46. The van der Waals surface area contributed by atoms with E-state index in [0.29, 0.717) is 12.5 Å². The van der Waals surface area contributed by atoms with Crippen molar-refractivity contribution in [3.05, 3.63) is 59.9 Å². The van der Waals surface area contributed by atoms with Gasteiger partial charge in [-0.25, -0.2) is 4.98 Å². The topological polar surface area (TPSA) is 53.1 Å². The van der Waals surface area contributed by atoms with Crippen molar-refractivity contribution in [1.29, 1.82) is 0 Å². The molecule has 1 unspecified atom stereocenters. The number of para-hydroxylation sites is 2. The van der Waals surface area contributed by atoms with Crippen LogP contribution < -0.4 is 10.5 Å². The summed E-state index contributed by atoms with van der Waals surface area (Å²) in [6, 6.07) is 16.5. The number of ether oxygens (including phenoxy) is 1. The number of nitrogens with two attached hydrogens (primary N) is 1. The molecule has 0 aliphatic rings. The van der Waals surface area contributed by atoms with E-state index in [9.17, 15) is 0 Å². The summed E-state index contributed by atoms with van der Waals surface area (Å²) in [5, 5.41) is 0. The van der Waals surface area contributed by atoms with Gasteiger partial charge in [0.2, 0.25) is 0 Å². The van der Waals surface area contributed by atoms with E-state index >= 15 is 0 Å². The van der Waals surface area contributed by atoms with Crippen molar-refractivity contribution in [2.45, 2.75) is 26.2 Å². The minimum Gasteiger partial charge on any atom is -0.493 e. The van der Waals surface area contributed by atoms with Crippen LogP contribution in [0, 0.1) is 5.92 Å². The normalized spacial score (nSPS) is 12.7. The zero-order valence-corrected chi connectivity index (χ0v) is 15.3. The predicted octanol–water partition coefficient (Wildman–Crippen LogP) is 3.89. The van der Waals surface area contributed by atoms with Crippen LogP contribution in [-0.2, 0) is 13.5 Å². The summed E-state index contributed by atoms with van der Waals surface area (Å²) in [5.74, 6) is 2.69. The summed E-state index contributed by atoms with van der Waals surface area (Å²) in [6.45, 7) is 5.61. The molecule has 0 saturated carbocycles. The number of aromatic nitrogens is 2. The number of aryl methyl sites for hydroxylation is 1. The number of nitrogens with zero attached hydrogens (tertiary/aromatic N) is 2. The first kappa shape index (κ1) is 17.5. The molecule has 0 bridgehead atoms. The van der Waals surface area contributed by atoms with E-state index in [0.717, 1.165) is 35.6 Å². The lowest BCUT2D eigenvalue weighted by atomic mass is 9.98. The Bertz CT molecular complexity index is 821. The second-order valence-electron chi connectivity index (χ2n) is 7.00. The Kier molecular flexibility index (Phi) is 5.39. The van der Waals surface area contributed by atoms with Gasteiger partial charge in [-0.05, 0) is 42.2 Å². The Balaban J connectivity index is 1.76. The van der Waals surface area contributed by atoms with Gasteiger partial charge < -0.3 is 15.0 Å². The van der Waals surface area contributed by atoms with Crippen molar-refractivity contribution in [2.75, 3.05) is 13.2 Å². The van der Waals surface area contributed by atoms with Crippen LogP contribution in [0.3, 0.4) is 0 Å². The highest BCUT2D eigenvalue weighted by Crippen LogP contribution is 2.24. The van der Waals surface area contributed by atoms with Crippen LogP contribution in [0.1, 0.15) is 31.2 Å². The van der Waals surface area contributed by atoms with Gasteiger partial charge in [0.25, 0.3) is 0 Å². The fourth-order valence-corrected chi connectivity index (χ4v) is 3.08. The summed E-state index contributed by atoms with van der Waals surface area (Å²) in [7, 11) is 2.07. The molecule has 2 N–H and O–H groups in total. The van der Waals surface area contributed by atoms with Crippen molar-refractivity contribution >= 4 is 11.0 Å². The minimum atomic E-state index is 0.194. The maximum absolute atomic E-state index is 6.08. The summed E-state index contributed by atoms with van der Waals surface area (Å²) in [4.78, 5) is 4.80. The first-order chi connectivity index (χ1) is 12.1. The number of rotatable bonds is 7. The molecule has 132 valence electrons. The fourth-order valence-electron chi connectivity index (χ4n) is 3.08. The SMILES string of the molecule is CC(C)COc1ccc(CC(CN)c2nc3ccccc3n2C)cc1. The highest BCUT2D eigenvalue weighted by molar-refractivity contribution is 5.75. The molecule has 25 heavy (non-hydrogen) atoms. The number of hydrogen-bond acceptors (Lipinski definition) is 3. The highest BCUT2D eigenvalue weighted by Gasteiger charge is 2.18. The molecule has 1 atom stereocenters. The molecule has 2 aromatic carbocycles. The molecule has 0 aliphatic heterocycles. The molecule has 0 radical (unpaired) electrons. The van der Waals surface area contributed by atoms with Crippen molar-refractivity contribution in [3.8, 4) is 5.75 Å². The Labute approximate surface area is 149 Å². The van der Waals surface area contributed by atoms with E-state index in [1.165, 1.54) is 5.56 Å². The van der Waals surface area contributed by atoms with Gasteiger partial charge in [-0.15, -0.1) is 0 Å². The number of fused-ring (bicyclic) bond motifs is 1. The second-order valence-corrected chi connectivity index (χ2v) is 7.00. The summed E-state index contributed by atoms with van der Waals surface area (Å²) < 4.78 is 7.92. The van der Waals surface area contributed by atoms with Crippen LogP contribution >= 0.6 is 0 Å². The smallest absolute Gasteiger partial charge is 0.119 e. The predicted molar refractivity (Wildman–Crippen MR) is 103 cm³/mol. The lowest BCUT2D eigenvalue weighted by Crippen LogP contribution is -2.18. The molecule has 3 aromatic rings. The zero-order chi connectivity index (χ0) is 17.8. The molecule has 4 heteroatoms. The largest absolute Gasteiger partial charge is 0.493 e. The van der Waals surface area contributed by atoms with E-state index in [4.69, 9.17) is 15.5 Å². The molecule has 4 nitrogen and oxygen atoms in total. The highest BCUT2D eigenvalue weighted by atomic mass is 16.5. The molecule has 0 aliphatic carbocycles. The lowest BCUT2D eigenvalue weighted by molar-refractivity contribution is 0.271. The molecule has 1 heterocycles. The zero-order valence-electron chi connectivity index (χ0n) is 15.3. The lowest BCUT2D eigenvalue weighted by Gasteiger charge is -2.15. The Morgan fingerprint density at radius 1 is 1.08 bits per heavy atom. The minimum absolute atomic E-state index is 0.194. The van der Waals surface area contributed by atoms with Gasteiger partial charge in [0, 0.05) is 19.5 Å². The molecular weight excluding hydrogens is 310 g/mol. The van der Waals surface area contributed by atoms with Gasteiger partial charge in [-0.3, -0.25) is 0 Å². The third kappa shape index (κ3) is 4.02. The van der Waals surface area contributed by atoms with Crippen molar-refractivity contribution in [3.63, 3.8) is 0 Å². The van der Waals surface area contributed by atoms with E-state index in [1.54, 1.807) is 0 Å². The standard InChI is InChI=1S/C21H27N3O/c1-15(2)14-25-18-10-8-16(9-11-18)12-17(13-22)21-23-19-6-4-5-7-20(19)24(21)3/h4-11,15,17H,12-14,22H2,1-3H3. The first-order valence-electron chi connectivity index (χ1n) is 8.91. The van der Waals surface area contributed by atoms with Gasteiger partial charge in [0.15, 0.2) is 0 Å². The van der Waals surface area contributed by atoms with Gasteiger partial charge in [-0.2, -0.15) is 0 Å². The van der Waals surface area contributed by atoms with E-state index < -0.39 is 0 Å². The molecule has 0 amide bonds. The molecule has 0 saturated heterocycles.